The fourth-order valence-corrected chi connectivity index (χ4v) is 1.57. The van der Waals surface area contributed by atoms with Gasteiger partial charge in [0, 0.05) is 18.9 Å². The quantitative estimate of drug-likeness (QED) is 0.881. The molecule has 0 atom stereocenters. The third-order valence-electron chi connectivity index (χ3n) is 2.52. The molecule has 92 valence electrons. The lowest BCUT2D eigenvalue weighted by Crippen LogP contribution is -2.27. The summed E-state index contributed by atoms with van der Waals surface area (Å²) in [7, 11) is 1.49. The van der Waals surface area contributed by atoms with Gasteiger partial charge in [0.1, 0.15) is 11.5 Å². The minimum Gasteiger partial charge on any atom is -0.399 e. The average Bonchev–Trinajstić information content (AvgIpc) is 2.37. The van der Waals surface area contributed by atoms with E-state index in [-0.39, 0.29) is 11.4 Å². The van der Waals surface area contributed by atoms with Crippen LogP contribution < -0.4 is 10.6 Å². The summed E-state index contributed by atoms with van der Waals surface area (Å²) in [5, 5.41) is 0. The zero-order chi connectivity index (χ0) is 13.1. The molecule has 1 aromatic carbocycles. The van der Waals surface area contributed by atoms with Crippen molar-refractivity contribution in [1.82, 2.24) is 4.98 Å². The van der Waals surface area contributed by atoms with Crippen LogP contribution in [0.25, 0.3) is 0 Å². The molecule has 1 amide bonds. The number of nitrogens with zero attached hydrogens (tertiary/aromatic N) is 2. The molecule has 0 aliphatic carbocycles. The van der Waals surface area contributed by atoms with E-state index < -0.39 is 11.7 Å². The summed E-state index contributed by atoms with van der Waals surface area (Å²) in [6, 6.07) is 9.09. The maximum atomic E-state index is 13.6. The molecule has 1 heterocycles. The largest absolute Gasteiger partial charge is 0.399 e. The highest BCUT2D eigenvalue weighted by Crippen LogP contribution is 2.19. The number of anilines is 2. The van der Waals surface area contributed by atoms with Crippen LogP contribution in [0.5, 0.6) is 0 Å². The van der Waals surface area contributed by atoms with Gasteiger partial charge in [-0.3, -0.25) is 9.78 Å². The van der Waals surface area contributed by atoms with Crippen molar-refractivity contribution in [2.24, 2.45) is 0 Å². The van der Waals surface area contributed by atoms with Crippen molar-refractivity contribution in [3.05, 3.63) is 54.1 Å². The second-order valence-electron chi connectivity index (χ2n) is 3.79. The second kappa shape index (κ2) is 4.83. The summed E-state index contributed by atoms with van der Waals surface area (Å²) in [6.07, 6.45) is 1.44. The van der Waals surface area contributed by atoms with Crippen LogP contribution in [0.2, 0.25) is 0 Å². The Labute approximate surface area is 104 Å². The van der Waals surface area contributed by atoms with Crippen molar-refractivity contribution in [1.29, 1.82) is 0 Å². The summed E-state index contributed by atoms with van der Waals surface area (Å²) in [4.78, 5) is 17.2. The summed E-state index contributed by atoms with van der Waals surface area (Å²) in [5.41, 5.74) is 6.40. The molecule has 4 nitrogen and oxygen atoms in total. The number of halogens is 1. The van der Waals surface area contributed by atoms with Gasteiger partial charge in [0.2, 0.25) is 0 Å². The highest BCUT2D eigenvalue weighted by atomic mass is 19.1. The Hall–Kier alpha value is -2.43. The first-order chi connectivity index (χ1) is 8.59. The van der Waals surface area contributed by atoms with E-state index in [4.69, 9.17) is 5.73 Å². The first-order valence-corrected chi connectivity index (χ1v) is 5.33. The van der Waals surface area contributed by atoms with Crippen LogP contribution in [0.15, 0.2) is 42.6 Å². The Morgan fingerprint density at radius 2 is 2.06 bits per heavy atom. The monoisotopic (exact) mass is 245 g/mol. The molecule has 0 spiro atoms. The van der Waals surface area contributed by atoms with E-state index in [1.165, 1.54) is 36.3 Å². The second-order valence-corrected chi connectivity index (χ2v) is 3.79. The maximum absolute atomic E-state index is 13.6. The minimum atomic E-state index is -0.461. The number of aromatic nitrogens is 1. The molecule has 0 fully saturated rings. The number of carbonyl (C=O) groups is 1. The number of amides is 1. The molecule has 5 heteroatoms. The molecule has 2 rings (SSSR count). The number of nitrogen functional groups attached to an aromatic ring is 1. The number of rotatable bonds is 2. The SMILES string of the molecule is CN(C(=O)c1cc(N)ccn1)c1ccccc1F. The van der Waals surface area contributed by atoms with Crippen molar-refractivity contribution in [2.45, 2.75) is 0 Å². The summed E-state index contributed by atoms with van der Waals surface area (Å²) >= 11 is 0. The van der Waals surface area contributed by atoms with Crippen LogP contribution in [0.3, 0.4) is 0 Å². The summed E-state index contributed by atoms with van der Waals surface area (Å²) in [5.74, 6) is -0.871. The first kappa shape index (κ1) is 12.0. The normalized spacial score (nSPS) is 10.1. The number of hydrogen-bond acceptors (Lipinski definition) is 3. The average molecular weight is 245 g/mol. The number of carbonyl (C=O) groups excluding carboxylic acids is 1. The smallest absolute Gasteiger partial charge is 0.276 e. The lowest BCUT2D eigenvalue weighted by molar-refractivity contribution is 0.0987. The highest BCUT2D eigenvalue weighted by molar-refractivity contribution is 6.04. The molecule has 0 bridgehead atoms. The predicted molar refractivity (Wildman–Crippen MR) is 67.8 cm³/mol. The standard InChI is InChI=1S/C13H12FN3O/c1-17(12-5-3-2-4-10(12)14)13(18)11-8-9(15)6-7-16-11/h2-8H,1H3,(H2,15,16). The molecule has 0 unspecified atom stereocenters. The molecular weight excluding hydrogens is 233 g/mol. The fraction of sp³-hybridized carbons (Fsp3) is 0.0769. The van der Waals surface area contributed by atoms with Gasteiger partial charge in [-0.25, -0.2) is 4.39 Å². The zero-order valence-corrected chi connectivity index (χ0v) is 9.80. The lowest BCUT2D eigenvalue weighted by atomic mass is 10.2. The van der Waals surface area contributed by atoms with Crippen molar-refractivity contribution < 1.29 is 9.18 Å². The molecule has 2 aromatic rings. The van der Waals surface area contributed by atoms with Gasteiger partial charge >= 0.3 is 0 Å². The number of benzene rings is 1. The van der Waals surface area contributed by atoms with E-state index in [0.29, 0.717) is 5.69 Å². The van der Waals surface area contributed by atoms with Crippen LogP contribution >= 0.6 is 0 Å². The van der Waals surface area contributed by atoms with Crippen LogP contribution in [0, 0.1) is 5.82 Å². The van der Waals surface area contributed by atoms with Gasteiger partial charge in [-0.05, 0) is 24.3 Å². The third kappa shape index (κ3) is 2.29. The number of nitrogens with two attached hydrogens (primary N) is 1. The van der Waals surface area contributed by atoms with Crippen molar-refractivity contribution in [3.63, 3.8) is 0 Å². The van der Waals surface area contributed by atoms with Gasteiger partial charge in [-0.2, -0.15) is 0 Å². The molecular formula is C13H12FN3O. The Morgan fingerprint density at radius 3 is 2.72 bits per heavy atom. The molecule has 0 radical (unpaired) electrons. The van der Waals surface area contributed by atoms with E-state index in [2.05, 4.69) is 4.98 Å². The molecule has 0 saturated carbocycles. The predicted octanol–water partition coefficient (Wildman–Crippen LogP) is 2.08. The molecule has 2 N–H and O–H groups in total. The topological polar surface area (TPSA) is 59.2 Å². The van der Waals surface area contributed by atoms with Gasteiger partial charge < -0.3 is 10.6 Å². The maximum Gasteiger partial charge on any atom is 0.276 e. The van der Waals surface area contributed by atoms with Gasteiger partial charge in [-0.15, -0.1) is 0 Å². The van der Waals surface area contributed by atoms with Crippen molar-refractivity contribution in [2.75, 3.05) is 17.7 Å². The van der Waals surface area contributed by atoms with E-state index in [0.717, 1.165) is 0 Å². The molecule has 0 aliphatic heterocycles. The van der Waals surface area contributed by atoms with Crippen LogP contribution in [-0.2, 0) is 0 Å². The molecule has 0 saturated heterocycles. The number of para-hydroxylation sites is 1. The van der Waals surface area contributed by atoms with Gasteiger partial charge in [-0.1, -0.05) is 12.1 Å². The van der Waals surface area contributed by atoms with Crippen LogP contribution in [0.4, 0.5) is 15.8 Å². The van der Waals surface area contributed by atoms with E-state index >= 15 is 0 Å². The Balaban J connectivity index is 2.32. The third-order valence-corrected chi connectivity index (χ3v) is 2.52. The van der Waals surface area contributed by atoms with Crippen molar-refractivity contribution >= 4 is 17.3 Å². The van der Waals surface area contributed by atoms with Crippen LogP contribution in [0.1, 0.15) is 10.5 Å². The van der Waals surface area contributed by atoms with Crippen LogP contribution in [-0.4, -0.2) is 17.9 Å². The van der Waals surface area contributed by atoms with E-state index in [1.807, 2.05) is 0 Å². The Bertz CT molecular complexity index is 586. The molecule has 1 aromatic heterocycles. The highest BCUT2D eigenvalue weighted by Gasteiger charge is 2.17. The molecule has 0 aliphatic rings. The van der Waals surface area contributed by atoms with Gasteiger partial charge in [0.05, 0.1) is 5.69 Å². The van der Waals surface area contributed by atoms with E-state index in [1.54, 1.807) is 18.2 Å². The zero-order valence-electron chi connectivity index (χ0n) is 9.80. The number of pyridine rings is 1. The number of hydrogen-bond donors (Lipinski definition) is 1. The first-order valence-electron chi connectivity index (χ1n) is 5.33. The lowest BCUT2D eigenvalue weighted by Gasteiger charge is -2.17. The van der Waals surface area contributed by atoms with Gasteiger partial charge in [0.15, 0.2) is 0 Å². The van der Waals surface area contributed by atoms with Gasteiger partial charge in [0.25, 0.3) is 5.91 Å². The summed E-state index contributed by atoms with van der Waals surface area (Å²) in [6.45, 7) is 0. The van der Waals surface area contributed by atoms with Crippen molar-refractivity contribution in [3.8, 4) is 0 Å². The Kier molecular flexibility index (Phi) is 3.23. The fourth-order valence-electron chi connectivity index (χ4n) is 1.57. The Morgan fingerprint density at radius 1 is 1.33 bits per heavy atom. The van der Waals surface area contributed by atoms with E-state index in [9.17, 15) is 9.18 Å². The minimum absolute atomic E-state index is 0.181. The molecule has 18 heavy (non-hydrogen) atoms. The summed E-state index contributed by atoms with van der Waals surface area (Å²) < 4.78 is 13.6.